The van der Waals surface area contributed by atoms with Crippen LogP contribution >= 0.6 is 0 Å². The fraction of sp³-hybridized carbons (Fsp3) is 0.118. The van der Waals surface area contributed by atoms with E-state index in [1.165, 1.54) is 30.5 Å². The lowest BCUT2D eigenvalue weighted by Gasteiger charge is -2.13. The maximum absolute atomic E-state index is 13.1. The minimum absolute atomic E-state index is 0.0499. The number of amides is 1. The molecule has 0 saturated carbocycles. The zero-order valence-electron chi connectivity index (χ0n) is 17.8. The van der Waals surface area contributed by atoms with Crippen LogP contribution in [0.4, 0.5) is 27.5 Å². The Balaban J connectivity index is 2.04. The van der Waals surface area contributed by atoms with Crippen LogP contribution in [0.1, 0.15) is 14.6 Å². The third-order valence-corrected chi connectivity index (χ3v) is 4.66. The third kappa shape index (κ3) is 4.79. The number of pyridine rings is 2. The summed E-state index contributed by atoms with van der Waals surface area (Å²) in [7, 11) is -3.69. The third-order valence-electron chi connectivity index (χ3n) is 3.53. The summed E-state index contributed by atoms with van der Waals surface area (Å²) in [5.74, 6) is -1.49. The van der Waals surface area contributed by atoms with Gasteiger partial charge in [0.2, 0.25) is 0 Å². The number of carbonyl (C=O) groups is 1. The summed E-state index contributed by atoms with van der Waals surface area (Å²) in [4.78, 5) is 20.1. The number of nitrogens with zero attached hydrogens (tertiary/aromatic N) is 4. The predicted molar refractivity (Wildman–Crippen MR) is 104 cm³/mol. The van der Waals surface area contributed by atoms with Crippen molar-refractivity contribution in [1.82, 2.24) is 25.5 Å². The second-order valence-corrected chi connectivity index (χ2v) is 7.66. The van der Waals surface area contributed by atoms with Gasteiger partial charge in [0.1, 0.15) is 22.3 Å². The van der Waals surface area contributed by atoms with E-state index in [4.69, 9.17) is 4.11 Å². The monoisotopic (exact) mass is 420 g/mol. The van der Waals surface area contributed by atoms with Crippen molar-refractivity contribution >= 4 is 38.9 Å². The summed E-state index contributed by atoms with van der Waals surface area (Å²) < 4.78 is 58.9. The Labute approximate surface area is 169 Å². The van der Waals surface area contributed by atoms with Crippen molar-refractivity contribution in [2.75, 3.05) is 23.9 Å². The SMILES string of the molecule is [2H]C([2H])([2H])NC(=O)c1nnc(Nc2ccc(F)cn2)cc1Nc1ncccc1S(C)(=O)=O. The summed E-state index contributed by atoms with van der Waals surface area (Å²) in [5.41, 5.74) is -0.515. The molecule has 0 aliphatic rings. The van der Waals surface area contributed by atoms with E-state index in [-0.39, 0.29) is 28.0 Å². The Kier molecular flexibility index (Phi) is 4.58. The fourth-order valence-corrected chi connectivity index (χ4v) is 3.05. The summed E-state index contributed by atoms with van der Waals surface area (Å²) >= 11 is 0. The molecule has 1 amide bonds. The molecular weight excluding hydrogens is 401 g/mol. The van der Waals surface area contributed by atoms with Gasteiger partial charge in [-0.25, -0.2) is 22.8 Å². The lowest BCUT2D eigenvalue weighted by Crippen LogP contribution is -2.22. The molecule has 3 aromatic rings. The van der Waals surface area contributed by atoms with E-state index < -0.39 is 34.2 Å². The maximum Gasteiger partial charge on any atom is 0.273 e. The highest BCUT2D eigenvalue weighted by molar-refractivity contribution is 7.90. The summed E-state index contributed by atoms with van der Waals surface area (Å²) in [6.45, 7) is -2.80. The Bertz CT molecular complexity index is 1250. The average molecular weight is 420 g/mol. The van der Waals surface area contributed by atoms with E-state index in [0.29, 0.717) is 0 Å². The number of anilines is 4. The number of rotatable bonds is 6. The molecule has 3 N–H and O–H groups in total. The molecule has 0 saturated heterocycles. The molecule has 0 aromatic carbocycles. The predicted octanol–water partition coefficient (Wildman–Crippen LogP) is 1.66. The number of aromatic nitrogens is 4. The number of halogens is 1. The lowest BCUT2D eigenvalue weighted by atomic mass is 10.3. The quantitative estimate of drug-likeness (QED) is 0.543. The molecule has 3 aromatic heterocycles. The van der Waals surface area contributed by atoms with Gasteiger partial charge in [-0.2, -0.15) is 0 Å². The molecule has 0 fully saturated rings. The highest BCUT2D eigenvalue weighted by Gasteiger charge is 2.19. The standard InChI is InChI=1S/C17H16FN7O3S/c1-19-17(26)15-11(22-16-12(29(2,27)28)4-3-7-20-16)8-14(24-25-15)23-13-6-5-10(18)9-21-13/h3-9H,1-2H3,(H,19,26)(H2,20,21,22,23,24)/i1D3. The van der Waals surface area contributed by atoms with Gasteiger partial charge in [-0.1, -0.05) is 0 Å². The fourth-order valence-electron chi connectivity index (χ4n) is 2.27. The van der Waals surface area contributed by atoms with Crippen molar-refractivity contribution in [2.45, 2.75) is 4.90 Å². The smallest absolute Gasteiger partial charge is 0.273 e. The van der Waals surface area contributed by atoms with Crippen LogP contribution in [0.2, 0.25) is 0 Å². The van der Waals surface area contributed by atoms with Crippen molar-refractivity contribution < 1.29 is 21.7 Å². The summed E-state index contributed by atoms with van der Waals surface area (Å²) in [5, 5.41) is 14.8. The Morgan fingerprint density at radius 2 is 1.97 bits per heavy atom. The first-order valence-corrected chi connectivity index (χ1v) is 9.82. The average Bonchev–Trinajstić information content (AvgIpc) is 2.68. The zero-order valence-corrected chi connectivity index (χ0v) is 15.7. The van der Waals surface area contributed by atoms with Crippen LogP contribution in [0.5, 0.6) is 0 Å². The lowest BCUT2D eigenvalue weighted by molar-refractivity contribution is 0.0958. The molecule has 0 atom stereocenters. The van der Waals surface area contributed by atoms with Crippen LogP contribution < -0.4 is 16.0 Å². The van der Waals surface area contributed by atoms with Crippen LogP contribution in [0, 0.1) is 5.82 Å². The molecule has 0 bridgehead atoms. The van der Waals surface area contributed by atoms with E-state index in [1.54, 1.807) is 5.32 Å². The maximum atomic E-state index is 13.1. The van der Waals surface area contributed by atoms with E-state index in [0.717, 1.165) is 18.5 Å². The van der Waals surface area contributed by atoms with Gasteiger partial charge in [0.15, 0.2) is 21.3 Å². The van der Waals surface area contributed by atoms with Gasteiger partial charge in [0, 0.05) is 29.6 Å². The molecule has 0 aliphatic carbocycles. The van der Waals surface area contributed by atoms with E-state index in [2.05, 4.69) is 30.8 Å². The van der Waals surface area contributed by atoms with E-state index in [9.17, 15) is 17.6 Å². The minimum atomic E-state index is -3.69. The van der Waals surface area contributed by atoms with E-state index >= 15 is 0 Å². The first-order chi connectivity index (χ1) is 14.9. The van der Waals surface area contributed by atoms with Crippen molar-refractivity contribution in [3.63, 3.8) is 0 Å². The Hall–Kier alpha value is -3.67. The topological polar surface area (TPSA) is 139 Å². The van der Waals surface area contributed by atoms with Crippen molar-refractivity contribution in [1.29, 1.82) is 0 Å². The van der Waals surface area contributed by atoms with Crippen LogP contribution in [-0.4, -0.2) is 47.7 Å². The first-order valence-electron chi connectivity index (χ1n) is 9.43. The van der Waals surface area contributed by atoms with Crippen LogP contribution in [0.15, 0.2) is 47.6 Å². The number of hydrogen-bond acceptors (Lipinski definition) is 9. The van der Waals surface area contributed by atoms with Gasteiger partial charge in [-0.05, 0) is 24.3 Å². The van der Waals surface area contributed by atoms with Gasteiger partial charge >= 0.3 is 0 Å². The Morgan fingerprint density at radius 3 is 2.66 bits per heavy atom. The summed E-state index contributed by atoms with van der Waals surface area (Å²) in [6, 6.07) is 6.49. The molecule has 0 unspecified atom stereocenters. The van der Waals surface area contributed by atoms with Crippen LogP contribution in [0.25, 0.3) is 0 Å². The first kappa shape index (κ1) is 16.3. The van der Waals surface area contributed by atoms with Crippen molar-refractivity contribution in [3.8, 4) is 0 Å². The zero-order chi connectivity index (χ0) is 23.5. The van der Waals surface area contributed by atoms with E-state index in [1.807, 2.05) is 0 Å². The molecule has 0 spiro atoms. The normalized spacial score (nSPS) is 13.0. The second kappa shape index (κ2) is 8.14. The Morgan fingerprint density at radius 1 is 1.14 bits per heavy atom. The number of carbonyl (C=O) groups excluding carboxylic acids is 1. The number of sulfone groups is 1. The van der Waals surface area contributed by atoms with Gasteiger partial charge < -0.3 is 16.0 Å². The molecular formula is C17H16FN7O3S. The van der Waals surface area contributed by atoms with Gasteiger partial charge in [-0.15, -0.1) is 10.2 Å². The van der Waals surface area contributed by atoms with Gasteiger partial charge in [-0.3, -0.25) is 4.79 Å². The molecule has 0 aliphatic heterocycles. The molecule has 12 heteroatoms. The molecule has 10 nitrogen and oxygen atoms in total. The number of hydrogen-bond donors (Lipinski definition) is 3. The van der Waals surface area contributed by atoms with Crippen LogP contribution in [0.3, 0.4) is 0 Å². The molecule has 29 heavy (non-hydrogen) atoms. The van der Waals surface area contributed by atoms with Crippen molar-refractivity contribution in [3.05, 3.63) is 54.2 Å². The van der Waals surface area contributed by atoms with Crippen molar-refractivity contribution in [2.24, 2.45) is 0 Å². The molecule has 0 radical (unpaired) electrons. The van der Waals surface area contributed by atoms with Gasteiger partial charge in [0.05, 0.1) is 11.9 Å². The largest absolute Gasteiger partial charge is 0.354 e. The minimum Gasteiger partial charge on any atom is -0.354 e. The second-order valence-electron chi connectivity index (χ2n) is 5.68. The summed E-state index contributed by atoms with van der Waals surface area (Å²) in [6.07, 6.45) is 3.28. The highest BCUT2D eigenvalue weighted by Crippen LogP contribution is 2.26. The highest BCUT2D eigenvalue weighted by atomic mass is 32.2. The van der Waals surface area contributed by atoms with Gasteiger partial charge in [0.25, 0.3) is 5.91 Å². The molecule has 3 rings (SSSR count). The molecule has 150 valence electrons. The number of nitrogens with one attached hydrogen (secondary N) is 3. The molecule has 3 heterocycles. The van der Waals surface area contributed by atoms with Crippen LogP contribution in [-0.2, 0) is 9.84 Å².